The number of fused-ring (bicyclic) bond motifs is 8. The number of carbonyl (C=O) groups is 2. The molecule has 8 bridgehead atoms. The number of nitrogens with one attached hydrogen (secondary N) is 3. The lowest BCUT2D eigenvalue weighted by molar-refractivity contribution is -0.121. The van der Waals surface area contributed by atoms with E-state index in [0.29, 0.717) is 59.2 Å². The highest BCUT2D eigenvalue weighted by atomic mass is 33.1. The lowest BCUT2D eigenvalue weighted by Crippen LogP contribution is -2.66. The third-order valence-electron chi connectivity index (χ3n) is 22.3. The Kier molecular flexibility index (Phi) is 19.3. The van der Waals surface area contributed by atoms with E-state index in [1.54, 1.807) is 47.8 Å². The topological polar surface area (TPSA) is 267 Å². The number of nitrogens with two attached hydrogens (primary N) is 1. The highest BCUT2D eigenvalue weighted by molar-refractivity contribution is 8.76. The van der Waals surface area contributed by atoms with Crippen molar-refractivity contribution in [3.8, 4) is 52.4 Å². The van der Waals surface area contributed by atoms with Gasteiger partial charge in [0.15, 0.2) is 35.8 Å². The van der Waals surface area contributed by atoms with E-state index in [-0.39, 0.29) is 133 Å². The van der Waals surface area contributed by atoms with Gasteiger partial charge in [0.25, 0.3) is 0 Å². The number of guanidine groups is 1. The first-order valence-corrected chi connectivity index (χ1v) is 35.3. The number of hydrogen-bond acceptors (Lipinski definition) is 19. The predicted octanol–water partition coefficient (Wildman–Crippen LogP) is 7.88. The van der Waals surface area contributed by atoms with Crippen LogP contribution in [-0.2, 0) is 46.4 Å². The molecule has 15 unspecified atom stereocenters. The molecule has 0 amide bonds. The smallest absolute Gasteiger partial charge is 0.201 e. The fourth-order valence-corrected chi connectivity index (χ4v) is 20.6. The number of methoxy groups -OCH3 is 1. The minimum absolute atomic E-state index is 0.00615. The third-order valence-corrected chi connectivity index (χ3v) is 24.8. The number of nitrogens with zero attached hydrogens (tertiary/aromatic N) is 1. The molecule has 0 radical (unpaired) electrons. The van der Waals surface area contributed by atoms with Crippen LogP contribution in [0.1, 0.15) is 149 Å². The molecule has 6 aliphatic carbocycles. The Morgan fingerprint density at radius 1 is 0.933 bits per heavy atom. The van der Waals surface area contributed by atoms with Crippen molar-refractivity contribution in [2.75, 3.05) is 45.3 Å². The number of aromatic hydroxyl groups is 2. The van der Waals surface area contributed by atoms with Crippen LogP contribution in [-0.4, -0.2) is 130 Å². The van der Waals surface area contributed by atoms with Gasteiger partial charge in [-0.15, -0.1) is 0 Å². The van der Waals surface area contributed by atoms with Gasteiger partial charge in [0.2, 0.25) is 6.29 Å². The van der Waals surface area contributed by atoms with Crippen LogP contribution in [0.5, 0.6) is 28.7 Å². The van der Waals surface area contributed by atoms with E-state index < -0.39 is 48.2 Å². The molecule has 90 heavy (non-hydrogen) atoms. The van der Waals surface area contributed by atoms with Crippen LogP contribution in [0.4, 0.5) is 0 Å². The highest BCUT2D eigenvalue weighted by Crippen LogP contribution is 2.68. The van der Waals surface area contributed by atoms with Crippen LogP contribution in [0, 0.1) is 75.4 Å². The van der Waals surface area contributed by atoms with E-state index in [1.807, 2.05) is 6.07 Å². The Labute approximate surface area is 537 Å². The van der Waals surface area contributed by atoms with E-state index in [4.69, 9.17) is 29.7 Å². The van der Waals surface area contributed by atoms with Crippen molar-refractivity contribution < 1.29 is 59.2 Å². The number of hydrogen-bond donors (Lipinski definition) is 10. The maximum absolute atomic E-state index is 13.6. The number of benzene rings is 3. The first-order chi connectivity index (χ1) is 43.4. The number of aliphatic hydroxyl groups is 4. The maximum Gasteiger partial charge on any atom is 0.201 e. The SMILES string of the molecule is COC(CO)C1CC2CCC3(CCC4(CCC(NCC(C)=O)c5cc(O)ccc5C4)C3)CC23NCOc2c4cc(c5c2OC(O)C(C5)C2CSSCC(C(C)C)N=C(N)NC2C#CC32C=CC1C2)CCC(O)CC(=O)CCc1ccc(O)c(OCO)c1C#CC4. The molecule has 3 aromatic rings. The monoisotopic (exact) mass is 1270 g/mol. The Hall–Kier alpha value is -5.45. The third kappa shape index (κ3) is 12.9. The van der Waals surface area contributed by atoms with Gasteiger partial charge in [-0.25, -0.2) is 4.99 Å². The van der Waals surface area contributed by atoms with Crippen molar-refractivity contribution in [2.45, 2.75) is 179 Å². The molecule has 4 spiro atoms. The average Bonchev–Trinajstić information content (AvgIpc) is 1.52. The quantitative estimate of drug-likeness (QED) is 0.0422. The van der Waals surface area contributed by atoms with Crippen molar-refractivity contribution >= 4 is 39.1 Å². The van der Waals surface area contributed by atoms with Crippen molar-refractivity contribution in [3.63, 3.8) is 0 Å². The lowest BCUT2D eigenvalue weighted by Gasteiger charge is -2.58. The molecule has 4 heterocycles. The summed E-state index contributed by atoms with van der Waals surface area (Å²) in [7, 11) is 5.20. The normalized spacial score (nSPS) is 34.3. The number of phenolic OH excluding ortho intramolecular Hbond substituents is 2. The first-order valence-electron chi connectivity index (χ1n) is 32.8. The minimum Gasteiger partial charge on any atom is -0.508 e. The number of Topliss-reactive ketones (excluding diaryl/α,β-unsaturated/α-hetero) is 2. The standard InChI is InChI=1S/C71H91N5O12S2/c1-41(2)60-36-90-89-35-57-56-30-55-44-9-13-50(81)28-49(80)12-8-43-11-15-61(83)64(87-40-78)52(43)7-5-6-45(26-44)63(65(55)88-66(56)84)86-39-74-71-38-69(25-24-68(37-69)21-18-58(73-33-42(3)79)53-29-51(82)14-10-46(53)31-68)20-17-48(71)27-54(62(34-77)85-4)47-16-22-70(71,32-47)23-19-59(57)75-67(72)76-60/h10-11,14-16,22,26,29,41,47-48,50,54,56-60,62,66,73-74,77-78,81-84H,6,8-9,12-13,17-18,20-21,24-25,27-28,30-40H2,1-4H3,(H3,72,75,76). The summed E-state index contributed by atoms with van der Waals surface area (Å²) in [6, 6.07) is 10.3. The van der Waals surface area contributed by atoms with Crippen LogP contribution in [0.25, 0.3) is 0 Å². The molecule has 17 nitrogen and oxygen atoms in total. The molecule has 484 valence electrons. The van der Waals surface area contributed by atoms with E-state index in [1.165, 1.54) is 11.6 Å². The fraction of sp³-hybridized carbons (Fsp3) is 0.620. The molecule has 4 aliphatic heterocycles. The van der Waals surface area contributed by atoms with Crippen LogP contribution in [0.2, 0.25) is 0 Å². The largest absolute Gasteiger partial charge is 0.508 e. The Morgan fingerprint density at radius 3 is 2.54 bits per heavy atom. The lowest BCUT2D eigenvalue weighted by atomic mass is 9.51. The van der Waals surface area contributed by atoms with Crippen LogP contribution in [0.3, 0.4) is 0 Å². The molecule has 0 saturated heterocycles. The zero-order valence-electron chi connectivity index (χ0n) is 52.5. The van der Waals surface area contributed by atoms with Crippen molar-refractivity contribution in [1.29, 1.82) is 0 Å². The summed E-state index contributed by atoms with van der Waals surface area (Å²) in [5.41, 5.74) is 11.1. The average molecular weight is 1270 g/mol. The number of aryl methyl sites for hydroxylation is 2. The highest BCUT2D eigenvalue weighted by Gasteiger charge is 2.66. The molecule has 13 rings (SSSR count). The van der Waals surface area contributed by atoms with Gasteiger partial charge in [-0.2, -0.15) is 0 Å². The number of phenols is 2. The van der Waals surface area contributed by atoms with Crippen molar-refractivity contribution in [3.05, 3.63) is 87.5 Å². The summed E-state index contributed by atoms with van der Waals surface area (Å²) in [6.45, 7) is 5.37. The fourth-order valence-electron chi connectivity index (χ4n) is 17.8. The summed E-state index contributed by atoms with van der Waals surface area (Å²) in [6.07, 6.45) is 13.4. The van der Waals surface area contributed by atoms with E-state index in [9.17, 15) is 40.2 Å². The molecular weight excluding hydrogens is 1180 g/mol. The van der Waals surface area contributed by atoms with Gasteiger partial charge in [0.05, 0.1) is 48.4 Å². The van der Waals surface area contributed by atoms with Gasteiger partial charge in [-0.1, -0.05) is 89.5 Å². The van der Waals surface area contributed by atoms with Gasteiger partial charge in [0, 0.05) is 72.4 Å². The summed E-state index contributed by atoms with van der Waals surface area (Å²) in [5.74, 6) is 16.6. The zero-order chi connectivity index (χ0) is 63.1. The number of aliphatic imine (C=N–C) groups is 1. The molecule has 0 aromatic heterocycles. The number of carbonyl (C=O) groups excluding carboxylic acids is 2. The van der Waals surface area contributed by atoms with Gasteiger partial charge in [-0.05, 0) is 178 Å². The van der Waals surface area contributed by atoms with Gasteiger partial charge in [0.1, 0.15) is 24.0 Å². The summed E-state index contributed by atoms with van der Waals surface area (Å²) < 4.78 is 26.2. The van der Waals surface area contributed by atoms with E-state index >= 15 is 0 Å². The van der Waals surface area contributed by atoms with Gasteiger partial charge in [-0.3, -0.25) is 14.9 Å². The van der Waals surface area contributed by atoms with Crippen LogP contribution in [0.15, 0.2) is 53.5 Å². The molecule has 19 heteroatoms. The van der Waals surface area contributed by atoms with E-state index in [2.05, 4.69) is 77.8 Å². The number of aliphatic hydroxyl groups excluding tert-OH is 4. The van der Waals surface area contributed by atoms with Crippen LogP contribution >= 0.6 is 21.6 Å². The molecular formula is C71H91N5O12S2. The Morgan fingerprint density at radius 2 is 1.74 bits per heavy atom. The second-order valence-electron chi connectivity index (χ2n) is 28.1. The van der Waals surface area contributed by atoms with Gasteiger partial charge >= 0.3 is 0 Å². The second-order valence-corrected chi connectivity index (χ2v) is 30.7. The molecule has 11 N–H and O–H groups in total. The number of rotatable bonds is 9. The number of ketones is 2. The molecule has 3 fully saturated rings. The summed E-state index contributed by atoms with van der Waals surface area (Å²) in [5, 5.41) is 79.0. The predicted molar refractivity (Wildman–Crippen MR) is 348 cm³/mol. The second kappa shape index (κ2) is 26.9. The number of allylic oxidation sites excluding steroid dienone is 1. The Balaban J connectivity index is 1.03. The molecule has 15 atom stereocenters. The Bertz CT molecular complexity index is 3390. The minimum atomic E-state index is -1.32. The first kappa shape index (κ1) is 64.6. The molecule has 10 aliphatic rings. The maximum atomic E-state index is 13.6. The summed E-state index contributed by atoms with van der Waals surface area (Å²) in [4.78, 5) is 31.1. The molecule has 3 saturated carbocycles. The van der Waals surface area contributed by atoms with Gasteiger partial charge < -0.3 is 66.0 Å². The summed E-state index contributed by atoms with van der Waals surface area (Å²) >= 11 is 0. The van der Waals surface area contributed by atoms with E-state index in [0.717, 1.165) is 86.7 Å². The van der Waals surface area contributed by atoms with Crippen molar-refractivity contribution in [2.24, 2.45) is 62.5 Å². The van der Waals surface area contributed by atoms with Crippen molar-refractivity contribution in [1.82, 2.24) is 16.0 Å². The van der Waals surface area contributed by atoms with Crippen LogP contribution < -0.4 is 35.9 Å². The number of ether oxygens (including phenoxy) is 4. The molecule has 3 aromatic carbocycles. The zero-order valence-corrected chi connectivity index (χ0v) is 54.1.